The molecule has 0 bridgehead atoms. The zero-order valence-corrected chi connectivity index (χ0v) is 15.9. The highest BCUT2D eigenvalue weighted by molar-refractivity contribution is 5.92. The van der Waals surface area contributed by atoms with Gasteiger partial charge in [0.1, 0.15) is 11.5 Å². The molecule has 0 saturated carbocycles. The van der Waals surface area contributed by atoms with E-state index in [2.05, 4.69) is 10.2 Å². The van der Waals surface area contributed by atoms with E-state index < -0.39 is 0 Å². The van der Waals surface area contributed by atoms with Crippen LogP contribution in [0.25, 0.3) is 0 Å². The van der Waals surface area contributed by atoms with Crippen molar-refractivity contribution in [3.63, 3.8) is 0 Å². The van der Waals surface area contributed by atoms with E-state index in [1.54, 1.807) is 7.11 Å². The molecule has 3 rings (SSSR count). The number of amides is 1. The molecule has 0 unspecified atom stereocenters. The third kappa shape index (κ3) is 6.00. The maximum atomic E-state index is 12.4. The van der Waals surface area contributed by atoms with Gasteiger partial charge in [0.2, 0.25) is 5.91 Å². The Morgan fingerprint density at radius 3 is 2.37 bits per heavy atom. The van der Waals surface area contributed by atoms with E-state index in [1.807, 2.05) is 54.6 Å². The lowest BCUT2D eigenvalue weighted by atomic mass is 9.95. The van der Waals surface area contributed by atoms with Gasteiger partial charge in [0.05, 0.1) is 13.7 Å². The minimum atomic E-state index is 0.108. The zero-order chi connectivity index (χ0) is 18.9. The van der Waals surface area contributed by atoms with Crippen molar-refractivity contribution >= 4 is 11.6 Å². The van der Waals surface area contributed by atoms with Crippen molar-refractivity contribution in [2.75, 3.05) is 38.7 Å². The molecule has 0 aromatic heterocycles. The molecule has 1 saturated heterocycles. The molecule has 2 aromatic carbocycles. The summed E-state index contributed by atoms with van der Waals surface area (Å²) in [5, 5.41) is 3.02. The Labute approximate surface area is 161 Å². The van der Waals surface area contributed by atoms with Crippen LogP contribution in [0.5, 0.6) is 11.5 Å². The lowest BCUT2D eigenvalue weighted by Gasteiger charge is -2.31. The molecule has 1 amide bonds. The highest BCUT2D eigenvalue weighted by Crippen LogP contribution is 2.20. The SMILES string of the molecule is COc1ccc(OCCCN2CCC(C(=O)Nc3ccccc3)CC2)cc1. The van der Waals surface area contributed by atoms with E-state index in [0.717, 1.165) is 56.1 Å². The molecule has 5 heteroatoms. The second kappa shape index (κ2) is 9.97. The van der Waals surface area contributed by atoms with Gasteiger partial charge in [-0.25, -0.2) is 0 Å². The summed E-state index contributed by atoms with van der Waals surface area (Å²) < 4.78 is 10.9. The molecule has 1 N–H and O–H groups in total. The first-order valence-electron chi connectivity index (χ1n) is 9.60. The minimum Gasteiger partial charge on any atom is -0.497 e. The number of hydrogen-bond acceptors (Lipinski definition) is 4. The van der Waals surface area contributed by atoms with E-state index >= 15 is 0 Å². The zero-order valence-electron chi connectivity index (χ0n) is 15.9. The summed E-state index contributed by atoms with van der Waals surface area (Å²) in [6.07, 6.45) is 2.81. The van der Waals surface area contributed by atoms with Crippen LogP contribution in [-0.2, 0) is 4.79 Å². The number of piperidine rings is 1. The molecular weight excluding hydrogens is 340 g/mol. The van der Waals surface area contributed by atoms with E-state index in [0.29, 0.717) is 6.61 Å². The normalized spacial score (nSPS) is 15.3. The number of anilines is 1. The maximum absolute atomic E-state index is 12.4. The van der Waals surface area contributed by atoms with Crippen molar-refractivity contribution in [2.45, 2.75) is 19.3 Å². The number of rotatable bonds is 8. The minimum absolute atomic E-state index is 0.108. The van der Waals surface area contributed by atoms with Gasteiger partial charge in [-0.2, -0.15) is 0 Å². The number of likely N-dealkylation sites (tertiary alicyclic amines) is 1. The highest BCUT2D eigenvalue weighted by Gasteiger charge is 2.24. The number of carbonyl (C=O) groups is 1. The molecule has 1 aliphatic rings. The average Bonchev–Trinajstić information content (AvgIpc) is 2.73. The Bertz CT molecular complexity index is 695. The van der Waals surface area contributed by atoms with E-state index in [9.17, 15) is 4.79 Å². The molecule has 1 heterocycles. The molecule has 1 fully saturated rings. The second-order valence-corrected chi connectivity index (χ2v) is 6.85. The van der Waals surface area contributed by atoms with Gasteiger partial charge in [0.25, 0.3) is 0 Å². The third-order valence-corrected chi connectivity index (χ3v) is 4.95. The summed E-state index contributed by atoms with van der Waals surface area (Å²) in [5.74, 6) is 1.95. The van der Waals surface area contributed by atoms with E-state index in [1.165, 1.54) is 0 Å². The molecule has 0 atom stereocenters. The van der Waals surface area contributed by atoms with Crippen LogP contribution < -0.4 is 14.8 Å². The molecule has 144 valence electrons. The van der Waals surface area contributed by atoms with Crippen LogP contribution in [0.3, 0.4) is 0 Å². The fraction of sp³-hybridized carbons (Fsp3) is 0.409. The number of methoxy groups -OCH3 is 1. The monoisotopic (exact) mass is 368 g/mol. The Morgan fingerprint density at radius 2 is 1.70 bits per heavy atom. The maximum Gasteiger partial charge on any atom is 0.227 e. The fourth-order valence-electron chi connectivity index (χ4n) is 3.33. The van der Waals surface area contributed by atoms with E-state index in [-0.39, 0.29) is 11.8 Å². The van der Waals surface area contributed by atoms with Crippen LogP contribution >= 0.6 is 0 Å². The molecule has 2 aromatic rings. The molecule has 0 aliphatic carbocycles. The largest absolute Gasteiger partial charge is 0.497 e. The van der Waals surface area contributed by atoms with Gasteiger partial charge in [-0.15, -0.1) is 0 Å². The Hall–Kier alpha value is -2.53. The predicted octanol–water partition coefficient (Wildman–Crippen LogP) is 3.81. The number of ether oxygens (including phenoxy) is 2. The van der Waals surface area contributed by atoms with Crippen LogP contribution in [0.15, 0.2) is 54.6 Å². The second-order valence-electron chi connectivity index (χ2n) is 6.85. The number of para-hydroxylation sites is 1. The van der Waals surface area contributed by atoms with Crippen molar-refractivity contribution in [3.05, 3.63) is 54.6 Å². The van der Waals surface area contributed by atoms with Crippen molar-refractivity contribution in [3.8, 4) is 11.5 Å². The first-order chi connectivity index (χ1) is 13.2. The van der Waals surface area contributed by atoms with Crippen LogP contribution in [0.1, 0.15) is 19.3 Å². The summed E-state index contributed by atoms with van der Waals surface area (Å²) >= 11 is 0. The van der Waals surface area contributed by atoms with Crippen molar-refractivity contribution in [1.29, 1.82) is 0 Å². The molecule has 0 spiro atoms. The lowest BCUT2D eigenvalue weighted by Crippen LogP contribution is -2.38. The lowest BCUT2D eigenvalue weighted by molar-refractivity contribution is -0.121. The summed E-state index contributed by atoms with van der Waals surface area (Å²) in [5.41, 5.74) is 0.876. The number of nitrogens with one attached hydrogen (secondary N) is 1. The van der Waals surface area contributed by atoms with Gasteiger partial charge >= 0.3 is 0 Å². The van der Waals surface area contributed by atoms with Crippen LogP contribution in [-0.4, -0.2) is 44.2 Å². The Kier molecular flexibility index (Phi) is 7.11. The summed E-state index contributed by atoms with van der Waals surface area (Å²) in [6, 6.07) is 17.3. The summed E-state index contributed by atoms with van der Waals surface area (Å²) in [7, 11) is 1.66. The first kappa shape index (κ1) is 19.2. The highest BCUT2D eigenvalue weighted by atomic mass is 16.5. The topological polar surface area (TPSA) is 50.8 Å². The number of nitrogens with zero attached hydrogens (tertiary/aromatic N) is 1. The van der Waals surface area contributed by atoms with Crippen LogP contribution in [0.2, 0.25) is 0 Å². The molecule has 1 aliphatic heterocycles. The fourth-order valence-corrected chi connectivity index (χ4v) is 3.33. The van der Waals surface area contributed by atoms with Gasteiger partial charge in [-0.05, 0) is 68.8 Å². The molecule has 5 nitrogen and oxygen atoms in total. The van der Waals surface area contributed by atoms with Crippen molar-refractivity contribution < 1.29 is 14.3 Å². The number of carbonyl (C=O) groups excluding carboxylic acids is 1. The predicted molar refractivity (Wildman–Crippen MR) is 107 cm³/mol. The van der Waals surface area contributed by atoms with Crippen LogP contribution in [0.4, 0.5) is 5.69 Å². The Morgan fingerprint density at radius 1 is 1.04 bits per heavy atom. The third-order valence-electron chi connectivity index (χ3n) is 4.95. The van der Waals surface area contributed by atoms with Crippen LogP contribution in [0, 0.1) is 5.92 Å². The van der Waals surface area contributed by atoms with Crippen molar-refractivity contribution in [2.24, 2.45) is 5.92 Å². The van der Waals surface area contributed by atoms with E-state index in [4.69, 9.17) is 9.47 Å². The summed E-state index contributed by atoms with van der Waals surface area (Å²) in [4.78, 5) is 14.8. The summed E-state index contributed by atoms with van der Waals surface area (Å²) in [6.45, 7) is 3.63. The first-order valence-corrected chi connectivity index (χ1v) is 9.60. The molecular formula is C22H28N2O3. The van der Waals surface area contributed by atoms with Gasteiger partial charge in [-0.1, -0.05) is 18.2 Å². The van der Waals surface area contributed by atoms with Crippen molar-refractivity contribution in [1.82, 2.24) is 4.90 Å². The Balaban J connectivity index is 1.31. The smallest absolute Gasteiger partial charge is 0.227 e. The average molecular weight is 368 g/mol. The quantitative estimate of drug-likeness (QED) is 0.720. The molecule has 27 heavy (non-hydrogen) atoms. The van der Waals surface area contributed by atoms with Gasteiger partial charge in [-0.3, -0.25) is 4.79 Å². The standard InChI is InChI=1S/C22H28N2O3/c1-26-20-8-10-21(11-9-20)27-17-5-14-24-15-12-18(13-16-24)22(25)23-19-6-3-2-4-7-19/h2-4,6-11,18H,5,12-17H2,1H3,(H,23,25). The molecule has 0 radical (unpaired) electrons. The number of benzene rings is 2. The van der Waals surface area contributed by atoms with Gasteiger partial charge in [0.15, 0.2) is 0 Å². The van der Waals surface area contributed by atoms with Gasteiger partial charge in [0, 0.05) is 18.2 Å². The van der Waals surface area contributed by atoms with Gasteiger partial charge < -0.3 is 19.7 Å². The number of hydrogen-bond donors (Lipinski definition) is 1.